The summed E-state index contributed by atoms with van der Waals surface area (Å²) in [6.45, 7) is 9.30. The molecule has 3 aromatic rings. The molecule has 41 heavy (non-hydrogen) atoms. The van der Waals surface area contributed by atoms with Gasteiger partial charge in [-0.05, 0) is 64.0 Å². The minimum Gasteiger partial charge on any atom is -0.476 e. The molecule has 0 bridgehead atoms. The van der Waals surface area contributed by atoms with Crippen molar-refractivity contribution in [2.24, 2.45) is 18.9 Å². The van der Waals surface area contributed by atoms with Crippen molar-refractivity contribution in [1.82, 2.24) is 29.3 Å². The molecule has 5 rings (SSSR count). The number of pyridine rings is 1. The van der Waals surface area contributed by atoms with Crippen LogP contribution < -0.4 is 14.4 Å². The number of sulfonamides is 1. The van der Waals surface area contributed by atoms with Crippen LogP contribution in [0.15, 0.2) is 35.5 Å². The average Bonchev–Trinajstić information content (AvgIpc) is 3.52. The fourth-order valence-corrected chi connectivity index (χ4v) is 7.41. The number of aryl methyl sites for hydroxylation is 2. The highest BCUT2D eigenvalue weighted by atomic mass is 32.2. The Morgan fingerprint density at radius 3 is 2.49 bits per heavy atom. The summed E-state index contributed by atoms with van der Waals surface area (Å²) in [6.07, 6.45) is 11.6. The monoisotopic (exact) mass is 583 g/mol. The fraction of sp³-hybridized carbons (Fsp3) is 0.586. The standard InChI is InChI=1S/C29H41N7O4S/c1-20-16-29(3,4)35(17-20)27-23(28(37)33-41(38,39)24-18-34(5)31-21(24)2)12-13-25(30-27)36-15-14-26(32-36)40-19-22-10-8-6-7-9-11-22/h12-15,18,20,22H,6-11,16-17,19H2,1-5H3,(H,33,37)/t20-/m0/s1. The van der Waals surface area contributed by atoms with Crippen LogP contribution in [0.25, 0.3) is 5.82 Å². The van der Waals surface area contributed by atoms with E-state index in [1.807, 2.05) is 6.07 Å². The van der Waals surface area contributed by atoms with Gasteiger partial charge in [-0.3, -0.25) is 9.48 Å². The highest BCUT2D eigenvalue weighted by Crippen LogP contribution is 2.38. The number of anilines is 1. The smallest absolute Gasteiger partial charge is 0.268 e. The predicted octanol–water partition coefficient (Wildman–Crippen LogP) is 4.40. The largest absolute Gasteiger partial charge is 0.476 e. The number of ether oxygens (including phenoxy) is 1. The van der Waals surface area contributed by atoms with Crippen LogP contribution in [-0.2, 0) is 17.1 Å². The Bertz CT molecular complexity index is 1500. The summed E-state index contributed by atoms with van der Waals surface area (Å²) in [6, 6.07) is 5.11. The summed E-state index contributed by atoms with van der Waals surface area (Å²) >= 11 is 0. The third-order valence-electron chi connectivity index (χ3n) is 8.16. The first-order chi connectivity index (χ1) is 19.4. The number of amides is 1. The van der Waals surface area contributed by atoms with E-state index in [1.54, 1.807) is 37.0 Å². The van der Waals surface area contributed by atoms with E-state index in [9.17, 15) is 13.2 Å². The summed E-state index contributed by atoms with van der Waals surface area (Å²) in [7, 11) is -2.50. The highest BCUT2D eigenvalue weighted by Gasteiger charge is 2.39. The van der Waals surface area contributed by atoms with Gasteiger partial charge in [0.15, 0.2) is 5.82 Å². The van der Waals surface area contributed by atoms with Crippen LogP contribution in [0.3, 0.4) is 0 Å². The zero-order chi connectivity index (χ0) is 29.4. The molecule has 222 valence electrons. The lowest BCUT2D eigenvalue weighted by molar-refractivity contribution is 0.0981. The number of hydrogen-bond donors (Lipinski definition) is 1. The van der Waals surface area contributed by atoms with E-state index in [1.165, 1.54) is 49.4 Å². The summed E-state index contributed by atoms with van der Waals surface area (Å²) < 4.78 is 37.5. The molecule has 2 aliphatic rings. The van der Waals surface area contributed by atoms with Crippen molar-refractivity contribution in [1.29, 1.82) is 0 Å². The van der Waals surface area contributed by atoms with Crippen molar-refractivity contribution in [3.8, 4) is 11.7 Å². The second kappa shape index (κ2) is 11.5. The van der Waals surface area contributed by atoms with Gasteiger partial charge in [0, 0.05) is 37.6 Å². The molecule has 12 heteroatoms. The van der Waals surface area contributed by atoms with Crippen LogP contribution in [0.5, 0.6) is 5.88 Å². The van der Waals surface area contributed by atoms with E-state index >= 15 is 0 Å². The molecule has 1 atom stereocenters. The Labute approximate surface area is 242 Å². The van der Waals surface area contributed by atoms with Crippen molar-refractivity contribution in [2.75, 3.05) is 18.1 Å². The number of nitrogens with zero attached hydrogens (tertiary/aromatic N) is 6. The van der Waals surface area contributed by atoms with E-state index in [0.29, 0.717) is 48.2 Å². The van der Waals surface area contributed by atoms with Crippen molar-refractivity contribution >= 4 is 21.7 Å². The quantitative estimate of drug-likeness (QED) is 0.387. The number of hydrogen-bond acceptors (Lipinski definition) is 8. The first kappa shape index (κ1) is 29.1. The SMILES string of the molecule is Cc1nn(C)cc1S(=O)(=O)NC(=O)c1ccc(-n2ccc(OCC3CCCCCC3)n2)nc1N1C[C@@H](C)CC1(C)C. The van der Waals surface area contributed by atoms with Crippen LogP contribution in [-0.4, -0.2) is 57.6 Å². The fourth-order valence-electron chi connectivity index (χ4n) is 6.23. The van der Waals surface area contributed by atoms with Crippen LogP contribution >= 0.6 is 0 Å². The van der Waals surface area contributed by atoms with Crippen LogP contribution in [0.2, 0.25) is 0 Å². The van der Waals surface area contributed by atoms with Gasteiger partial charge in [-0.2, -0.15) is 5.10 Å². The molecular weight excluding hydrogens is 542 g/mol. The topological polar surface area (TPSA) is 124 Å². The summed E-state index contributed by atoms with van der Waals surface area (Å²) in [5, 5.41) is 8.70. The molecule has 1 amide bonds. The number of aromatic nitrogens is 5. The minimum absolute atomic E-state index is 0.0393. The van der Waals surface area contributed by atoms with Gasteiger partial charge in [0.25, 0.3) is 15.9 Å². The molecule has 0 aromatic carbocycles. The minimum atomic E-state index is -4.14. The Hall–Kier alpha value is -3.41. The van der Waals surface area contributed by atoms with Gasteiger partial charge in [0.1, 0.15) is 10.7 Å². The summed E-state index contributed by atoms with van der Waals surface area (Å²) in [5.41, 5.74) is 0.209. The highest BCUT2D eigenvalue weighted by molar-refractivity contribution is 7.90. The second-order valence-electron chi connectivity index (χ2n) is 12.2. The number of carbonyl (C=O) groups is 1. The molecule has 1 aliphatic carbocycles. The maximum Gasteiger partial charge on any atom is 0.268 e. The zero-order valence-corrected chi connectivity index (χ0v) is 25.4. The van der Waals surface area contributed by atoms with E-state index < -0.39 is 15.9 Å². The van der Waals surface area contributed by atoms with E-state index in [2.05, 4.69) is 40.6 Å². The lowest BCUT2D eigenvalue weighted by atomic mass is 9.97. The van der Waals surface area contributed by atoms with E-state index in [-0.39, 0.29) is 16.0 Å². The van der Waals surface area contributed by atoms with Crippen molar-refractivity contribution in [3.05, 3.63) is 41.9 Å². The first-order valence-corrected chi connectivity index (χ1v) is 16.0. The number of carbonyl (C=O) groups excluding carboxylic acids is 1. The van der Waals surface area contributed by atoms with Gasteiger partial charge in [-0.1, -0.05) is 32.6 Å². The molecule has 11 nitrogen and oxygen atoms in total. The number of nitrogens with one attached hydrogen (secondary N) is 1. The van der Waals surface area contributed by atoms with Gasteiger partial charge in [-0.15, -0.1) is 5.10 Å². The molecule has 3 aromatic heterocycles. The van der Waals surface area contributed by atoms with Crippen LogP contribution in [0.1, 0.15) is 81.8 Å². The third kappa shape index (κ3) is 6.42. The number of rotatable bonds is 8. The van der Waals surface area contributed by atoms with Gasteiger partial charge in [0.05, 0.1) is 17.9 Å². The zero-order valence-electron chi connectivity index (χ0n) is 24.6. The molecule has 0 unspecified atom stereocenters. The predicted molar refractivity (Wildman–Crippen MR) is 156 cm³/mol. The van der Waals surface area contributed by atoms with Crippen molar-refractivity contribution < 1.29 is 17.9 Å². The second-order valence-corrected chi connectivity index (χ2v) is 13.9. The van der Waals surface area contributed by atoms with Gasteiger partial charge in [-0.25, -0.2) is 22.8 Å². The molecule has 1 saturated heterocycles. The Balaban J connectivity index is 1.42. The molecular formula is C29H41N7O4S. The lowest BCUT2D eigenvalue weighted by Crippen LogP contribution is -2.41. The molecule has 2 fully saturated rings. The molecule has 0 spiro atoms. The maximum atomic E-state index is 13.5. The summed E-state index contributed by atoms with van der Waals surface area (Å²) in [4.78, 5) is 20.4. The summed E-state index contributed by atoms with van der Waals surface area (Å²) in [5.74, 6) is 1.65. The van der Waals surface area contributed by atoms with Gasteiger partial charge in [0.2, 0.25) is 5.88 Å². The molecule has 1 N–H and O–H groups in total. The van der Waals surface area contributed by atoms with E-state index in [0.717, 1.165) is 6.42 Å². The van der Waals surface area contributed by atoms with Gasteiger partial charge >= 0.3 is 0 Å². The van der Waals surface area contributed by atoms with Gasteiger partial charge < -0.3 is 9.64 Å². The third-order valence-corrected chi connectivity index (χ3v) is 9.59. The van der Waals surface area contributed by atoms with E-state index in [4.69, 9.17) is 9.72 Å². The van der Waals surface area contributed by atoms with Crippen molar-refractivity contribution in [2.45, 2.75) is 83.1 Å². The average molecular weight is 584 g/mol. The molecule has 0 radical (unpaired) electrons. The van der Waals surface area contributed by atoms with Crippen LogP contribution in [0.4, 0.5) is 5.82 Å². The first-order valence-electron chi connectivity index (χ1n) is 14.5. The van der Waals surface area contributed by atoms with Crippen molar-refractivity contribution in [3.63, 3.8) is 0 Å². The normalized spacial score (nSPS) is 19.7. The Kier molecular flexibility index (Phi) is 8.13. The van der Waals surface area contributed by atoms with Crippen LogP contribution in [0, 0.1) is 18.8 Å². The lowest BCUT2D eigenvalue weighted by Gasteiger charge is -2.34. The molecule has 1 aliphatic heterocycles. The molecule has 1 saturated carbocycles. The Morgan fingerprint density at radius 2 is 1.85 bits per heavy atom. The molecule has 4 heterocycles. The maximum absolute atomic E-state index is 13.5. The Morgan fingerprint density at radius 1 is 1.12 bits per heavy atom.